The zero-order chi connectivity index (χ0) is 14.0. The smallest absolute Gasteiger partial charge is 0.260 e. The molecule has 2 aromatic rings. The molecule has 0 radical (unpaired) electrons. The Morgan fingerprint density at radius 1 is 1.16 bits per heavy atom. The molecular weight excluding hydrogens is 242 g/mol. The van der Waals surface area contributed by atoms with Crippen LogP contribution < -0.4 is 11.1 Å². The minimum atomic E-state index is -0.341. The maximum absolute atomic E-state index is 12.1. The summed E-state index contributed by atoms with van der Waals surface area (Å²) < 4.78 is 0. The number of hydrogen-bond acceptors (Lipinski definition) is 5. The van der Waals surface area contributed by atoms with Crippen LogP contribution in [0.3, 0.4) is 0 Å². The van der Waals surface area contributed by atoms with Gasteiger partial charge in [0.1, 0.15) is 0 Å². The first kappa shape index (κ1) is 12.9. The molecule has 2 rings (SSSR count). The van der Waals surface area contributed by atoms with Crippen LogP contribution in [0.15, 0.2) is 18.2 Å². The van der Waals surface area contributed by atoms with Crippen molar-refractivity contribution in [3.63, 3.8) is 0 Å². The summed E-state index contributed by atoms with van der Waals surface area (Å²) in [6.45, 7) is 5.50. The highest BCUT2D eigenvalue weighted by molar-refractivity contribution is 6.07. The van der Waals surface area contributed by atoms with Gasteiger partial charge in [-0.3, -0.25) is 10.1 Å². The van der Waals surface area contributed by atoms with Crippen LogP contribution in [0.5, 0.6) is 0 Å². The Hall–Kier alpha value is -2.50. The Bertz CT molecular complexity index is 639. The summed E-state index contributed by atoms with van der Waals surface area (Å²) in [4.78, 5) is 16.2. The first-order chi connectivity index (χ1) is 8.97. The summed E-state index contributed by atoms with van der Waals surface area (Å²) in [6, 6.07) is 5.27. The van der Waals surface area contributed by atoms with Gasteiger partial charge < -0.3 is 5.73 Å². The molecule has 0 spiro atoms. The van der Waals surface area contributed by atoms with Crippen LogP contribution in [0.2, 0.25) is 0 Å². The maximum atomic E-state index is 12.1. The van der Waals surface area contributed by atoms with Crippen molar-refractivity contribution in [2.45, 2.75) is 20.8 Å². The molecule has 0 aliphatic heterocycles. The van der Waals surface area contributed by atoms with Crippen molar-refractivity contribution in [3.8, 4) is 0 Å². The molecule has 0 aliphatic rings. The van der Waals surface area contributed by atoms with Gasteiger partial charge in [0.25, 0.3) is 5.91 Å². The summed E-state index contributed by atoms with van der Waals surface area (Å²) in [5.74, 6) is -0.166. The van der Waals surface area contributed by atoms with E-state index in [9.17, 15) is 4.79 Å². The largest absolute Gasteiger partial charge is 0.398 e. The normalized spacial score (nSPS) is 10.3. The predicted molar refractivity (Wildman–Crippen MR) is 72.8 cm³/mol. The van der Waals surface area contributed by atoms with Crippen molar-refractivity contribution < 1.29 is 4.79 Å². The molecule has 0 aliphatic carbocycles. The van der Waals surface area contributed by atoms with Crippen molar-refractivity contribution >= 4 is 17.5 Å². The van der Waals surface area contributed by atoms with Gasteiger partial charge in [-0.1, -0.05) is 11.6 Å². The Balaban J connectivity index is 2.25. The van der Waals surface area contributed by atoms with Crippen molar-refractivity contribution in [1.29, 1.82) is 0 Å². The molecule has 1 aromatic heterocycles. The van der Waals surface area contributed by atoms with E-state index in [0.29, 0.717) is 11.3 Å². The number of rotatable bonds is 2. The molecule has 0 saturated carbocycles. The molecule has 3 N–H and O–H groups in total. The minimum absolute atomic E-state index is 0.175. The number of aromatic nitrogens is 3. The third-order valence-corrected chi connectivity index (χ3v) is 2.77. The van der Waals surface area contributed by atoms with E-state index in [1.54, 1.807) is 26.0 Å². The number of nitrogen functional groups attached to an aromatic ring is 1. The monoisotopic (exact) mass is 257 g/mol. The summed E-state index contributed by atoms with van der Waals surface area (Å²) >= 11 is 0. The molecule has 1 amide bonds. The first-order valence-electron chi connectivity index (χ1n) is 5.83. The van der Waals surface area contributed by atoms with Gasteiger partial charge in [0.2, 0.25) is 5.95 Å². The quantitative estimate of drug-likeness (QED) is 0.797. The fourth-order valence-electron chi connectivity index (χ4n) is 1.55. The molecular formula is C13H15N5O. The van der Waals surface area contributed by atoms with E-state index in [4.69, 9.17) is 5.73 Å². The van der Waals surface area contributed by atoms with Gasteiger partial charge in [0.15, 0.2) is 0 Å². The number of nitrogens with two attached hydrogens (primary N) is 1. The number of anilines is 2. The summed E-state index contributed by atoms with van der Waals surface area (Å²) in [5, 5.41) is 10.3. The van der Waals surface area contributed by atoms with Crippen LogP contribution in [-0.2, 0) is 0 Å². The molecule has 98 valence electrons. The van der Waals surface area contributed by atoms with Crippen LogP contribution in [0.1, 0.15) is 27.3 Å². The highest BCUT2D eigenvalue weighted by Crippen LogP contribution is 2.15. The average molecular weight is 257 g/mol. The number of carbonyl (C=O) groups excluding carboxylic acids is 1. The van der Waals surface area contributed by atoms with Gasteiger partial charge in [-0.2, -0.15) is 5.10 Å². The van der Waals surface area contributed by atoms with Crippen LogP contribution in [0.25, 0.3) is 0 Å². The molecule has 0 unspecified atom stereocenters. The molecule has 19 heavy (non-hydrogen) atoms. The Labute approximate surface area is 111 Å². The highest BCUT2D eigenvalue weighted by atomic mass is 16.1. The zero-order valence-corrected chi connectivity index (χ0v) is 11.1. The number of benzene rings is 1. The topological polar surface area (TPSA) is 93.8 Å². The molecule has 1 aromatic carbocycles. The third-order valence-electron chi connectivity index (χ3n) is 2.77. The number of nitrogens with one attached hydrogen (secondary N) is 1. The van der Waals surface area contributed by atoms with E-state index in [0.717, 1.165) is 17.0 Å². The van der Waals surface area contributed by atoms with Crippen molar-refractivity contribution in [3.05, 3.63) is 40.7 Å². The van der Waals surface area contributed by atoms with Crippen molar-refractivity contribution in [2.24, 2.45) is 0 Å². The molecule has 6 heteroatoms. The van der Waals surface area contributed by atoms with Crippen LogP contribution in [-0.4, -0.2) is 21.1 Å². The van der Waals surface area contributed by atoms with Gasteiger partial charge in [0, 0.05) is 5.69 Å². The lowest BCUT2D eigenvalue weighted by atomic mass is 10.1. The Morgan fingerprint density at radius 3 is 2.58 bits per heavy atom. The van der Waals surface area contributed by atoms with Gasteiger partial charge in [-0.15, -0.1) is 5.10 Å². The van der Waals surface area contributed by atoms with E-state index in [-0.39, 0.29) is 11.9 Å². The van der Waals surface area contributed by atoms with E-state index < -0.39 is 0 Å². The zero-order valence-electron chi connectivity index (χ0n) is 11.1. The minimum Gasteiger partial charge on any atom is -0.398 e. The fraction of sp³-hybridized carbons (Fsp3) is 0.231. The lowest BCUT2D eigenvalue weighted by Gasteiger charge is -2.07. The SMILES string of the molecule is Cc1ccc(N)c(C(=O)Nc2nnc(C)c(C)n2)c1. The fourth-order valence-corrected chi connectivity index (χ4v) is 1.55. The lowest BCUT2D eigenvalue weighted by molar-refractivity contribution is 0.102. The van der Waals surface area contributed by atoms with E-state index in [2.05, 4.69) is 20.5 Å². The van der Waals surface area contributed by atoms with E-state index in [1.807, 2.05) is 13.0 Å². The average Bonchev–Trinajstić information content (AvgIpc) is 2.36. The van der Waals surface area contributed by atoms with Crippen LogP contribution in [0, 0.1) is 20.8 Å². The molecule has 6 nitrogen and oxygen atoms in total. The standard InChI is InChI=1S/C13H15N5O/c1-7-4-5-11(14)10(6-7)12(19)16-13-15-8(2)9(3)17-18-13/h4-6H,14H2,1-3H3,(H,15,16,18,19). The van der Waals surface area contributed by atoms with Gasteiger partial charge in [-0.05, 0) is 32.9 Å². The second-order valence-electron chi connectivity index (χ2n) is 4.35. The summed E-state index contributed by atoms with van der Waals surface area (Å²) in [5.41, 5.74) is 9.01. The summed E-state index contributed by atoms with van der Waals surface area (Å²) in [6.07, 6.45) is 0. The van der Waals surface area contributed by atoms with Crippen LogP contribution in [0.4, 0.5) is 11.6 Å². The van der Waals surface area contributed by atoms with E-state index >= 15 is 0 Å². The number of carbonyl (C=O) groups is 1. The number of hydrogen-bond donors (Lipinski definition) is 2. The number of amides is 1. The third kappa shape index (κ3) is 2.85. The van der Waals surface area contributed by atoms with Crippen molar-refractivity contribution in [1.82, 2.24) is 15.2 Å². The number of nitrogens with zero attached hydrogens (tertiary/aromatic N) is 3. The number of aryl methyl sites for hydroxylation is 3. The Morgan fingerprint density at radius 2 is 1.89 bits per heavy atom. The second-order valence-corrected chi connectivity index (χ2v) is 4.35. The molecule has 0 fully saturated rings. The van der Waals surface area contributed by atoms with Crippen LogP contribution >= 0.6 is 0 Å². The molecule has 1 heterocycles. The summed E-state index contributed by atoms with van der Waals surface area (Å²) in [7, 11) is 0. The second kappa shape index (κ2) is 5.01. The van der Waals surface area contributed by atoms with E-state index in [1.165, 1.54) is 0 Å². The highest BCUT2D eigenvalue weighted by Gasteiger charge is 2.12. The molecule has 0 saturated heterocycles. The molecule has 0 bridgehead atoms. The van der Waals surface area contributed by atoms with Crippen molar-refractivity contribution in [2.75, 3.05) is 11.1 Å². The Kier molecular flexibility index (Phi) is 3.41. The first-order valence-corrected chi connectivity index (χ1v) is 5.83. The van der Waals surface area contributed by atoms with Gasteiger partial charge in [0.05, 0.1) is 17.0 Å². The predicted octanol–water partition coefficient (Wildman–Crippen LogP) is 1.63. The maximum Gasteiger partial charge on any atom is 0.260 e. The van der Waals surface area contributed by atoms with Gasteiger partial charge in [-0.25, -0.2) is 4.98 Å². The van der Waals surface area contributed by atoms with Gasteiger partial charge >= 0.3 is 0 Å². The molecule has 0 atom stereocenters. The lowest BCUT2D eigenvalue weighted by Crippen LogP contribution is -2.17.